The number of hydrogen-bond donors (Lipinski definition) is 2. The van der Waals surface area contributed by atoms with Crippen LogP contribution in [0.15, 0.2) is 48.5 Å². The standard InChI is InChI=1S/C36H53NO7/c1-2-3-4-5-6-7-8-9-10-11-12-13-14-15-16-20-26-43-32-25-21-24-31(35(32)44-29-30-22-18-17-19-23-30)36(42)37(27-33(38)39)28-34(40)41/h17-19,21-25H,2-16,20,26-29H2,1H3,(H,38,39)(H,40,41). The van der Waals surface area contributed by atoms with Gasteiger partial charge in [0.1, 0.15) is 19.7 Å². The van der Waals surface area contributed by atoms with E-state index in [4.69, 9.17) is 9.47 Å². The maximum absolute atomic E-state index is 13.3. The number of carbonyl (C=O) groups is 3. The van der Waals surface area contributed by atoms with Gasteiger partial charge in [0, 0.05) is 0 Å². The molecule has 0 saturated heterocycles. The zero-order valence-corrected chi connectivity index (χ0v) is 26.6. The van der Waals surface area contributed by atoms with E-state index in [0.29, 0.717) is 12.4 Å². The number of ether oxygens (including phenoxy) is 2. The van der Waals surface area contributed by atoms with E-state index in [9.17, 15) is 24.6 Å². The van der Waals surface area contributed by atoms with Crippen molar-refractivity contribution in [3.63, 3.8) is 0 Å². The second-order valence-electron chi connectivity index (χ2n) is 11.5. The fraction of sp³-hybridized carbons (Fsp3) is 0.583. The zero-order chi connectivity index (χ0) is 31.8. The summed E-state index contributed by atoms with van der Waals surface area (Å²) in [6.07, 6.45) is 20.5. The smallest absolute Gasteiger partial charge is 0.323 e. The molecule has 1 amide bonds. The van der Waals surface area contributed by atoms with Gasteiger partial charge in [-0.15, -0.1) is 0 Å². The lowest BCUT2D eigenvalue weighted by Crippen LogP contribution is -2.39. The number of benzene rings is 2. The third-order valence-corrected chi connectivity index (χ3v) is 7.63. The topological polar surface area (TPSA) is 113 Å². The summed E-state index contributed by atoms with van der Waals surface area (Å²) in [5, 5.41) is 18.5. The molecule has 8 nitrogen and oxygen atoms in total. The predicted octanol–water partition coefficient (Wildman–Crippen LogP) is 8.52. The summed E-state index contributed by atoms with van der Waals surface area (Å²) < 4.78 is 12.1. The van der Waals surface area contributed by atoms with Crippen molar-refractivity contribution in [3.8, 4) is 11.5 Å². The molecular weight excluding hydrogens is 558 g/mol. The van der Waals surface area contributed by atoms with Gasteiger partial charge in [0.15, 0.2) is 11.5 Å². The molecule has 0 aliphatic carbocycles. The molecule has 0 bridgehead atoms. The third kappa shape index (κ3) is 15.8. The van der Waals surface area contributed by atoms with Crippen LogP contribution in [0.5, 0.6) is 11.5 Å². The van der Waals surface area contributed by atoms with Gasteiger partial charge in [0.05, 0.1) is 12.2 Å². The Morgan fingerprint density at radius 3 is 1.61 bits per heavy atom. The fourth-order valence-electron chi connectivity index (χ4n) is 5.21. The van der Waals surface area contributed by atoms with Crippen LogP contribution >= 0.6 is 0 Å². The van der Waals surface area contributed by atoms with Gasteiger partial charge in [-0.2, -0.15) is 0 Å². The lowest BCUT2D eigenvalue weighted by molar-refractivity contribution is -0.140. The molecule has 2 aromatic rings. The summed E-state index contributed by atoms with van der Waals surface area (Å²) in [6, 6.07) is 14.3. The van der Waals surface area contributed by atoms with Gasteiger partial charge in [0.25, 0.3) is 5.91 Å². The van der Waals surface area contributed by atoms with Gasteiger partial charge >= 0.3 is 11.9 Å². The minimum Gasteiger partial charge on any atom is -0.490 e. The molecule has 44 heavy (non-hydrogen) atoms. The number of aliphatic carboxylic acids is 2. The van der Waals surface area contributed by atoms with Crippen molar-refractivity contribution >= 4 is 17.8 Å². The Bertz CT molecular complexity index is 1070. The number of hydrogen-bond acceptors (Lipinski definition) is 5. The van der Waals surface area contributed by atoms with Gasteiger partial charge < -0.3 is 24.6 Å². The number of nitrogens with zero attached hydrogens (tertiary/aromatic N) is 1. The van der Waals surface area contributed by atoms with E-state index in [2.05, 4.69) is 6.92 Å². The first-order valence-electron chi connectivity index (χ1n) is 16.6. The van der Waals surface area contributed by atoms with Crippen LogP contribution in [0.1, 0.15) is 126 Å². The second kappa shape index (κ2) is 22.9. The predicted molar refractivity (Wildman–Crippen MR) is 173 cm³/mol. The van der Waals surface area contributed by atoms with Gasteiger partial charge in [-0.25, -0.2) is 0 Å². The molecule has 0 heterocycles. The van der Waals surface area contributed by atoms with E-state index in [-0.39, 0.29) is 17.9 Å². The molecule has 8 heteroatoms. The van der Waals surface area contributed by atoms with Crippen LogP contribution in [0.4, 0.5) is 0 Å². The average Bonchev–Trinajstić information content (AvgIpc) is 3.01. The SMILES string of the molecule is CCCCCCCCCCCCCCCCCCOc1cccc(C(=O)N(CC(=O)O)CC(=O)O)c1OCc1ccccc1. The van der Waals surface area contributed by atoms with Crippen LogP contribution in [-0.2, 0) is 16.2 Å². The summed E-state index contributed by atoms with van der Waals surface area (Å²) in [7, 11) is 0. The van der Waals surface area contributed by atoms with Crippen molar-refractivity contribution in [3.05, 3.63) is 59.7 Å². The first-order valence-corrected chi connectivity index (χ1v) is 16.6. The highest BCUT2D eigenvalue weighted by Crippen LogP contribution is 2.33. The minimum atomic E-state index is -1.30. The molecule has 0 spiro atoms. The molecule has 0 aromatic heterocycles. The van der Waals surface area contributed by atoms with E-state index in [1.165, 1.54) is 89.5 Å². The molecule has 0 radical (unpaired) electrons. The highest BCUT2D eigenvalue weighted by molar-refractivity contribution is 6.00. The Hall–Kier alpha value is -3.55. The van der Waals surface area contributed by atoms with Crippen molar-refractivity contribution in [2.45, 2.75) is 116 Å². The van der Waals surface area contributed by atoms with Crippen LogP contribution in [0.3, 0.4) is 0 Å². The Morgan fingerprint density at radius 1 is 0.614 bits per heavy atom. The van der Waals surface area contributed by atoms with E-state index in [0.717, 1.165) is 29.7 Å². The molecule has 0 fully saturated rings. The lowest BCUT2D eigenvalue weighted by atomic mass is 10.0. The number of rotatable bonds is 26. The normalized spacial score (nSPS) is 10.8. The zero-order valence-electron chi connectivity index (χ0n) is 26.6. The lowest BCUT2D eigenvalue weighted by Gasteiger charge is -2.22. The van der Waals surface area contributed by atoms with E-state index < -0.39 is 30.9 Å². The molecule has 2 aromatic carbocycles. The van der Waals surface area contributed by atoms with Gasteiger partial charge in [-0.3, -0.25) is 14.4 Å². The summed E-state index contributed by atoms with van der Waals surface area (Å²) in [5.74, 6) is -2.80. The Kier molecular flexibility index (Phi) is 19.1. The molecule has 0 saturated carbocycles. The van der Waals surface area contributed by atoms with Gasteiger partial charge in [-0.1, -0.05) is 140 Å². The van der Waals surface area contributed by atoms with Crippen molar-refractivity contribution in [2.24, 2.45) is 0 Å². The maximum atomic E-state index is 13.3. The van der Waals surface area contributed by atoms with Crippen LogP contribution in [0, 0.1) is 0 Å². The summed E-state index contributed by atoms with van der Waals surface area (Å²) >= 11 is 0. The van der Waals surface area contributed by atoms with Crippen molar-refractivity contribution in [1.29, 1.82) is 0 Å². The van der Waals surface area contributed by atoms with Crippen LogP contribution in [-0.4, -0.2) is 52.7 Å². The van der Waals surface area contributed by atoms with Gasteiger partial charge in [0.2, 0.25) is 0 Å². The first kappa shape index (κ1) is 36.6. The molecular formula is C36H53NO7. The van der Waals surface area contributed by atoms with E-state index in [1.807, 2.05) is 30.3 Å². The van der Waals surface area contributed by atoms with Gasteiger partial charge in [-0.05, 0) is 24.1 Å². The third-order valence-electron chi connectivity index (χ3n) is 7.63. The maximum Gasteiger partial charge on any atom is 0.323 e. The highest BCUT2D eigenvalue weighted by atomic mass is 16.5. The van der Waals surface area contributed by atoms with Crippen molar-refractivity contribution in [2.75, 3.05) is 19.7 Å². The Morgan fingerprint density at radius 2 is 1.11 bits per heavy atom. The van der Waals surface area contributed by atoms with Crippen LogP contribution in [0.25, 0.3) is 0 Å². The highest BCUT2D eigenvalue weighted by Gasteiger charge is 2.26. The van der Waals surface area contributed by atoms with Crippen molar-refractivity contribution in [1.82, 2.24) is 4.90 Å². The largest absolute Gasteiger partial charge is 0.490 e. The molecule has 244 valence electrons. The summed E-state index contributed by atoms with van der Waals surface area (Å²) in [5.41, 5.74) is 0.944. The van der Waals surface area contributed by atoms with E-state index >= 15 is 0 Å². The average molecular weight is 612 g/mol. The molecule has 0 aliphatic rings. The number of carboxylic acids is 2. The quantitative estimate of drug-likeness (QED) is 0.103. The molecule has 2 N–H and O–H groups in total. The molecule has 2 rings (SSSR count). The molecule has 0 aliphatic heterocycles. The monoisotopic (exact) mass is 611 g/mol. The summed E-state index contributed by atoms with van der Waals surface area (Å²) in [6.45, 7) is 1.39. The number of carboxylic acid groups (broad SMARTS) is 2. The number of para-hydroxylation sites is 1. The minimum absolute atomic E-state index is 0.0629. The molecule has 0 atom stereocenters. The van der Waals surface area contributed by atoms with Crippen molar-refractivity contribution < 1.29 is 34.1 Å². The van der Waals surface area contributed by atoms with E-state index in [1.54, 1.807) is 12.1 Å². The van der Waals surface area contributed by atoms with Crippen LogP contribution in [0.2, 0.25) is 0 Å². The fourth-order valence-corrected chi connectivity index (χ4v) is 5.21. The number of amides is 1. The second-order valence-corrected chi connectivity index (χ2v) is 11.5. The number of unbranched alkanes of at least 4 members (excludes halogenated alkanes) is 15. The van der Waals surface area contributed by atoms with Crippen LogP contribution < -0.4 is 9.47 Å². The first-order chi connectivity index (χ1) is 21.4. The Balaban J connectivity index is 1.80. The Labute approximate surface area is 263 Å². The summed E-state index contributed by atoms with van der Waals surface area (Å²) in [4.78, 5) is 36.7. The number of carbonyl (C=O) groups excluding carboxylic acids is 1. The molecule has 0 unspecified atom stereocenters.